The van der Waals surface area contributed by atoms with Gasteiger partial charge in [0.15, 0.2) is 5.11 Å². The van der Waals surface area contributed by atoms with E-state index in [1.165, 1.54) is 11.1 Å². The highest BCUT2D eigenvalue weighted by Crippen LogP contribution is 2.43. The number of aromatic nitrogens is 3. The van der Waals surface area contributed by atoms with Crippen LogP contribution >= 0.6 is 12.2 Å². The highest BCUT2D eigenvalue weighted by molar-refractivity contribution is 7.80. The van der Waals surface area contributed by atoms with E-state index in [-0.39, 0.29) is 12.1 Å². The minimum atomic E-state index is -0.0713. The molecule has 3 aromatic heterocycles. The zero-order valence-corrected chi connectivity index (χ0v) is 20.1. The Labute approximate surface area is 200 Å². The Balaban J connectivity index is 1.70. The molecule has 1 aromatic carbocycles. The molecular weight excluding hydrogens is 426 g/mol. The predicted octanol–water partition coefficient (Wildman–Crippen LogP) is 5.68. The fraction of sp³-hybridized carbons (Fsp3) is 0.222. The number of hydrogen-bond donors (Lipinski definition) is 1. The van der Waals surface area contributed by atoms with Crippen LogP contribution in [0.15, 0.2) is 73.1 Å². The maximum Gasteiger partial charge on any atom is 0.174 e. The maximum absolute atomic E-state index is 5.88. The molecule has 33 heavy (non-hydrogen) atoms. The van der Waals surface area contributed by atoms with E-state index in [0.717, 1.165) is 34.2 Å². The number of nitrogens with one attached hydrogen (secondary N) is 1. The van der Waals surface area contributed by atoms with Gasteiger partial charge in [-0.25, -0.2) is 4.98 Å². The molecule has 5 nitrogen and oxygen atoms in total. The molecule has 4 heterocycles. The Bertz CT molecular complexity index is 1330. The van der Waals surface area contributed by atoms with Gasteiger partial charge in [0.1, 0.15) is 5.82 Å². The largest absolute Gasteiger partial charge is 0.351 e. The lowest BCUT2D eigenvalue weighted by molar-refractivity contribution is 0.565. The van der Waals surface area contributed by atoms with Crippen LogP contribution in [-0.2, 0) is 0 Å². The van der Waals surface area contributed by atoms with E-state index < -0.39 is 0 Å². The van der Waals surface area contributed by atoms with Crippen LogP contribution in [0, 0.1) is 27.7 Å². The number of nitrogens with zero attached hydrogens (tertiary/aromatic N) is 4. The predicted molar refractivity (Wildman–Crippen MR) is 137 cm³/mol. The van der Waals surface area contributed by atoms with Gasteiger partial charge in [0.25, 0.3) is 0 Å². The van der Waals surface area contributed by atoms with Crippen molar-refractivity contribution in [3.8, 4) is 5.82 Å². The first-order valence-corrected chi connectivity index (χ1v) is 11.5. The van der Waals surface area contributed by atoms with Crippen LogP contribution in [0.1, 0.15) is 45.9 Å². The summed E-state index contributed by atoms with van der Waals surface area (Å²) in [5.74, 6) is 0.962. The topological polar surface area (TPSA) is 46.0 Å². The Morgan fingerprint density at radius 1 is 0.879 bits per heavy atom. The summed E-state index contributed by atoms with van der Waals surface area (Å²) in [6, 6.07) is 20.8. The SMILES string of the molecule is Cc1cccc(N2C(=S)N[C@@H](c3ccccn3)[C@@H]2c2cc(C)n(-c3ncccc3C)c2C)c1. The van der Waals surface area contributed by atoms with Gasteiger partial charge in [-0.2, -0.15) is 0 Å². The number of benzene rings is 1. The van der Waals surface area contributed by atoms with Gasteiger partial charge in [-0.3, -0.25) is 4.98 Å². The fourth-order valence-electron chi connectivity index (χ4n) is 4.85. The van der Waals surface area contributed by atoms with Gasteiger partial charge >= 0.3 is 0 Å². The van der Waals surface area contributed by atoms with Crippen LogP contribution < -0.4 is 10.2 Å². The van der Waals surface area contributed by atoms with Crippen LogP contribution in [0.5, 0.6) is 0 Å². The molecule has 1 aliphatic rings. The summed E-state index contributed by atoms with van der Waals surface area (Å²) in [5.41, 5.74) is 7.90. The molecule has 1 aliphatic heterocycles. The van der Waals surface area contributed by atoms with Crippen LogP contribution in [0.3, 0.4) is 0 Å². The van der Waals surface area contributed by atoms with E-state index in [2.05, 4.69) is 94.9 Å². The summed E-state index contributed by atoms with van der Waals surface area (Å²) in [5, 5.41) is 4.27. The van der Waals surface area contributed by atoms with Gasteiger partial charge in [-0.1, -0.05) is 24.3 Å². The minimum absolute atomic E-state index is 0.0434. The first-order valence-electron chi connectivity index (χ1n) is 11.1. The van der Waals surface area contributed by atoms with Crippen molar-refractivity contribution in [2.24, 2.45) is 0 Å². The summed E-state index contributed by atoms with van der Waals surface area (Å²) in [6.07, 6.45) is 3.69. The van der Waals surface area contributed by atoms with E-state index in [9.17, 15) is 0 Å². The molecule has 1 saturated heterocycles. The van der Waals surface area contributed by atoms with Crippen molar-refractivity contribution in [3.63, 3.8) is 0 Å². The lowest BCUT2D eigenvalue weighted by Crippen LogP contribution is -2.29. The molecule has 0 radical (unpaired) electrons. The highest BCUT2D eigenvalue weighted by Gasteiger charge is 2.42. The van der Waals surface area contributed by atoms with Crippen molar-refractivity contribution in [3.05, 3.63) is 107 Å². The molecule has 6 heteroatoms. The van der Waals surface area contributed by atoms with Crippen molar-refractivity contribution < 1.29 is 0 Å². The molecule has 5 rings (SSSR count). The van der Waals surface area contributed by atoms with E-state index in [0.29, 0.717) is 5.11 Å². The standard InChI is InChI=1S/C27H27N5S/c1-17-9-7-11-21(15-17)32-25(24(30-27(32)33)23-12-5-6-13-28-23)22-16-19(3)31(20(22)4)26-18(2)10-8-14-29-26/h5-16,24-25H,1-4H3,(H,30,33)/t24-,25-/m0/s1. The second kappa shape index (κ2) is 8.45. The van der Waals surface area contributed by atoms with Gasteiger partial charge in [0.2, 0.25) is 0 Å². The van der Waals surface area contributed by atoms with Crippen LogP contribution in [-0.4, -0.2) is 19.6 Å². The number of anilines is 1. The summed E-state index contributed by atoms with van der Waals surface area (Å²) in [7, 11) is 0. The van der Waals surface area contributed by atoms with Gasteiger partial charge in [0, 0.05) is 29.5 Å². The Hall–Kier alpha value is -3.51. The average molecular weight is 454 g/mol. The molecule has 0 spiro atoms. The third-order valence-corrected chi connectivity index (χ3v) is 6.68. The van der Waals surface area contributed by atoms with Crippen LogP contribution in [0.2, 0.25) is 0 Å². The molecule has 4 aromatic rings. The normalized spacial score (nSPS) is 17.9. The molecule has 166 valence electrons. The summed E-state index contributed by atoms with van der Waals surface area (Å²) in [4.78, 5) is 11.6. The smallest absolute Gasteiger partial charge is 0.174 e. The third-order valence-electron chi connectivity index (χ3n) is 6.36. The van der Waals surface area contributed by atoms with Crippen molar-refractivity contribution in [1.82, 2.24) is 19.9 Å². The third kappa shape index (κ3) is 3.70. The van der Waals surface area contributed by atoms with Gasteiger partial charge in [0.05, 0.1) is 17.8 Å². The monoisotopic (exact) mass is 453 g/mol. The Morgan fingerprint density at radius 2 is 1.70 bits per heavy atom. The quantitative estimate of drug-likeness (QED) is 0.403. The van der Waals surface area contributed by atoms with E-state index in [4.69, 9.17) is 12.2 Å². The van der Waals surface area contributed by atoms with Gasteiger partial charge in [-0.15, -0.1) is 0 Å². The lowest BCUT2D eigenvalue weighted by Gasteiger charge is -2.28. The lowest BCUT2D eigenvalue weighted by atomic mass is 9.96. The second-order valence-corrected chi connectivity index (χ2v) is 9.03. The Kier molecular flexibility index (Phi) is 5.46. The molecule has 0 bridgehead atoms. The molecule has 1 fully saturated rings. The molecule has 2 atom stereocenters. The van der Waals surface area contributed by atoms with E-state index in [1.807, 2.05) is 30.6 Å². The molecule has 0 saturated carbocycles. The molecule has 0 unspecified atom stereocenters. The van der Waals surface area contributed by atoms with Crippen LogP contribution in [0.25, 0.3) is 5.82 Å². The first-order chi connectivity index (χ1) is 16.0. The zero-order valence-electron chi connectivity index (χ0n) is 19.3. The number of pyridine rings is 2. The maximum atomic E-state index is 5.88. The second-order valence-electron chi connectivity index (χ2n) is 8.64. The minimum Gasteiger partial charge on any atom is -0.351 e. The van der Waals surface area contributed by atoms with Crippen LogP contribution in [0.4, 0.5) is 5.69 Å². The highest BCUT2D eigenvalue weighted by atomic mass is 32.1. The molecule has 1 N–H and O–H groups in total. The van der Waals surface area contributed by atoms with E-state index in [1.54, 1.807) is 0 Å². The van der Waals surface area contributed by atoms with Crippen molar-refractivity contribution in [2.45, 2.75) is 39.8 Å². The van der Waals surface area contributed by atoms with Crippen molar-refractivity contribution in [2.75, 3.05) is 4.90 Å². The van der Waals surface area contributed by atoms with Gasteiger partial charge in [-0.05, 0) is 93.0 Å². The summed E-state index contributed by atoms with van der Waals surface area (Å²) < 4.78 is 2.25. The van der Waals surface area contributed by atoms with Crippen molar-refractivity contribution >= 4 is 23.0 Å². The number of hydrogen-bond acceptors (Lipinski definition) is 3. The van der Waals surface area contributed by atoms with E-state index >= 15 is 0 Å². The molecule has 0 aliphatic carbocycles. The summed E-state index contributed by atoms with van der Waals surface area (Å²) >= 11 is 5.88. The molecular formula is C27H27N5S. The number of rotatable bonds is 4. The molecule has 0 amide bonds. The number of aryl methyl sites for hydroxylation is 3. The summed E-state index contributed by atoms with van der Waals surface area (Å²) in [6.45, 7) is 8.51. The Morgan fingerprint density at radius 3 is 2.42 bits per heavy atom. The average Bonchev–Trinajstić information content (AvgIpc) is 3.30. The first kappa shape index (κ1) is 21.3. The fourth-order valence-corrected chi connectivity index (χ4v) is 5.20. The van der Waals surface area contributed by atoms with Gasteiger partial charge < -0.3 is 14.8 Å². The zero-order chi connectivity index (χ0) is 23.1. The number of thiocarbonyl (C=S) groups is 1. The van der Waals surface area contributed by atoms with Crippen molar-refractivity contribution in [1.29, 1.82) is 0 Å².